The molecule has 0 aromatic heterocycles. The van der Waals surface area contributed by atoms with Crippen molar-refractivity contribution in [1.29, 1.82) is 0 Å². The number of nitrogens with two attached hydrogens (primary N) is 1. The molecule has 40 heavy (non-hydrogen) atoms. The Balaban J connectivity index is 1.64. The van der Waals surface area contributed by atoms with Gasteiger partial charge in [0.15, 0.2) is 40.9 Å². The van der Waals surface area contributed by atoms with Gasteiger partial charge in [0, 0.05) is 5.92 Å². The van der Waals surface area contributed by atoms with Crippen LogP contribution in [-0.4, -0.2) is 69.9 Å². The highest BCUT2D eigenvalue weighted by molar-refractivity contribution is 6.32. The van der Waals surface area contributed by atoms with Crippen molar-refractivity contribution < 1.29 is 34.2 Å². The van der Waals surface area contributed by atoms with Gasteiger partial charge < -0.3 is 15.9 Å². The van der Waals surface area contributed by atoms with E-state index >= 15 is 0 Å². The first kappa shape index (κ1) is 27.1. The minimum absolute atomic E-state index is 0.0211. The first-order valence-electron chi connectivity index (χ1n) is 12.8. The molecule has 0 aliphatic heterocycles. The number of ketones is 4. The first-order chi connectivity index (χ1) is 18.9. The number of carbonyl (C=O) groups is 5. The zero-order valence-corrected chi connectivity index (χ0v) is 21.8. The third-order valence-electron chi connectivity index (χ3n) is 8.48. The number of aromatic hydroxyl groups is 1. The molecule has 10 heteroatoms. The fourth-order valence-electron chi connectivity index (χ4n) is 6.81. The standard InChI is InChI=1S/C30H27N3O7/c1-32-10-9-14-5-4-6-15(11-14)17-7-8-20(34)22-18(17)12-16-13-19-24(33(2)3)26(36)23(29(31)39)28(38)30(19,40)27(37)21(16)25(22)35/h4-11,16,19,21,23-24,34,40H,12-13H2,2-3H3,(H2,31,39)/t16-,19-,21?,23?,24-,30-/m0/s1. The summed E-state index contributed by atoms with van der Waals surface area (Å²) < 4.78 is 0. The molecule has 0 saturated heterocycles. The van der Waals surface area contributed by atoms with E-state index in [4.69, 9.17) is 12.3 Å². The van der Waals surface area contributed by atoms with Crippen LogP contribution >= 0.6 is 0 Å². The summed E-state index contributed by atoms with van der Waals surface area (Å²) in [5.41, 5.74) is 5.18. The maximum Gasteiger partial charge on any atom is 0.235 e. The molecule has 1 amide bonds. The van der Waals surface area contributed by atoms with E-state index in [1.165, 1.54) is 17.2 Å². The third-order valence-corrected chi connectivity index (χ3v) is 8.48. The second-order valence-corrected chi connectivity index (χ2v) is 10.8. The van der Waals surface area contributed by atoms with Crippen molar-refractivity contribution in [3.8, 4) is 16.9 Å². The number of carbonyl (C=O) groups excluding carboxylic acids is 5. The Morgan fingerprint density at radius 3 is 2.52 bits per heavy atom. The molecular formula is C30H27N3O7. The lowest BCUT2D eigenvalue weighted by molar-refractivity contribution is -0.181. The van der Waals surface area contributed by atoms with Gasteiger partial charge in [-0.05, 0) is 67.2 Å². The average Bonchev–Trinajstić information content (AvgIpc) is 2.89. The number of nitrogens with zero attached hydrogens (tertiary/aromatic N) is 2. The Labute approximate surface area is 229 Å². The zero-order valence-electron chi connectivity index (χ0n) is 21.8. The lowest BCUT2D eigenvalue weighted by atomic mass is 9.52. The number of Topliss-reactive ketones (excluding diaryl/α,β-unsaturated/α-hetero) is 4. The van der Waals surface area contributed by atoms with Gasteiger partial charge in [0.2, 0.25) is 5.91 Å². The Kier molecular flexibility index (Phi) is 6.53. The molecule has 3 aliphatic carbocycles. The van der Waals surface area contributed by atoms with Crippen LogP contribution in [0.4, 0.5) is 0 Å². The Morgan fingerprint density at radius 2 is 1.88 bits per heavy atom. The quantitative estimate of drug-likeness (QED) is 0.387. The molecule has 2 unspecified atom stereocenters. The van der Waals surface area contributed by atoms with Crippen LogP contribution in [0.1, 0.15) is 27.9 Å². The van der Waals surface area contributed by atoms with Crippen LogP contribution in [0.15, 0.2) is 42.6 Å². The zero-order chi connectivity index (χ0) is 29.1. The molecule has 2 saturated carbocycles. The summed E-state index contributed by atoms with van der Waals surface area (Å²) in [4.78, 5) is 71.1. The highest BCUT2D eigenvalue weighted by Gasteiger charge is 2.69. The molecule has 2 aromatic rings. The third kappa shape index (κ3) is 3.81. The lowest BCUT2D eigenvalue weighted by Crippen LogP contribution is -2.74. The molecule has 204 valence electrons. The highest BCUT2D eigenvalue weighted by Crippen LogP contribution is 2.51. The molecule has 0 heterocycles. The number of rotatable bonds is 4. The van der Waals surface area contributed by atoms with Gasteiger partial charge in [-0.3, -0.25) is 28.9 Å². The van der Waals surface area contributed by atoms with Crippen molar-refractivity contribution in [2.45, 2.75) is 24.5 Å². The lowest BCUT2D eigenvalue weighted by Gasteiger charge is -2.52. The van der Waals surface area contributed by atoms with E-state index in [1.807, 2.05) is 18.2 Å². The number of aliphatic hydroxyl groups is 1. The van der Waals surface area contributed by atoms with E-state index in [0.29, 0.717) is 11.1 Å². The Bertz CT molecular complexity index is 1570. The van der Waals surface area contributed by atoms with E-state index in [1.54, 1.807) is 32.3 Å². The summed E-state index contributed by atoms with van der Waals surface area (Å²) in [6.45, 7) is 6.98. The Hall–Kier alpha value is -4.46. The van der Waals surface area contributed by atoms with Crippen molar-refractivity contribution in [2.75, 3.05) is 14.1 Å². The normalized spacial score (nSPS) is 29.6. The van der Waals surface area contributed by atoms with Gasteiger partial charge in [0.25, 0.3) is 0 Å². The maximum atomic E-state index is 13.9. The summed E-state index contributed by atoms with van der Waals surface area (Å²) in [6, 6.07) is 9.15. The van der Waals surface area contributed by atoms with Gasteiger partial charge in [-0.15, -0.1) is 0 Å². The van der Waals surface area contributed by atoms with Crippen LogP contribution in [0.3, 0.4) is 0 Å². The number of likely N-dealkylation sites (N-methyl/N-ethyl adjacent to an activating group) is 1. The summed E-state index contributed by atoms with van der Waals surface area (Å²) in [5.74, 6) is -10.8. The van der Waals surface area contributed by atoms with E-state index < -0.39 is 64.4 Å². The van der Waals surface area contributed by atoms with Crippen molar-refractivity contribution in [1.82, 2.24) is 4.90 Å². The molecule has 2 fully saturated rings. The summed E-state index contributed by atoms with van der Waals surface area (Å²) in [5, 5.41) is 22.4. The van der Waals surface area contributed by atoms with E-state index in [0.717, 1.165) is 11.1 Å². The van der Waals surface area contributed by atoms with Gasteiger partial charge in [-0.1, -0.05) is 30.3 Å². The Morgan fingerprint density at radius 1 is 1.15 bits per heavy atom. The van der Waals surface area contributed by atoms with Crippen molar-refractivity contribution in [3.63, 3.8) is 0 Å². The number of benzene rings is 2. The molecule has 2 aromatic carbocycles. The molecular weight excluding hydrogens is 514 g/mol. The molecule has 6 atom stereocenters. The fraction of sp³-hybridized carbons (Fsp3) is 0.333. The van der Waals surface area contributed by atoms with Crippen LogP contribution in [-0.2, 0) is 25.6 Å². The second-order valence-electron chi connectivity index (χ2n) is 10.8. The average molecular weight is 542 g/mol. The number of phenolic OH excluding ortho intramolecular Hbond substituents is 1. The number of primary amides is 1. The number of phenols is 1. The minimum Gasteiger partial charge on any atom is -0.507 e. The summed E-state index contributed by atoms with van der Waals surface area (Å²) >= 11 is 0. The van der Waals surface area contributed by atoms with Crippen LogP contribution < -0.4 is 5.73 Å². The molecule has 5 rings (SSSR count). The minimum atomic E-state index is -2.76. The number of hydrogen-bond donors (Lipinski definition) is 3. The van der Waals surface area contributed by atoms with Gasteiger partial charge in [-0.2, -0.15) is 0 Å². The number of amides is 1. The molecule has 3 aliphatic rings. The SMILES string of the molecule is [C-]#[N+]C=Cc1cccc(-c2ccc(O)c3c2C[C@H]2C[C@H]4[C@H](N(C)C)C(=O)C(C(N)=O)C(=O)[C@@]4(O)C(=O)C2C3=O)c1. The highest BCUT2D eigenvalue weighted by atomic mass is 16.3. The van der Waals surface area contributed by atoms with E-state index in [9.17, 15) is 34.2 Å². The van der Waals surface area contributed by atoms with Gasteiger partial charge in [0.1, 0.15) is 5.75 Å². The van der Waals surface area contributed by atoms with Crippen molar-refractivity contribution in [3.05, 3.63) is 70.7 Å². The van der Waals surface area contributed by atoms with E-state index in [-0.39, 0.29) is 24.2 Å². The fourth-order valence-corrected chi connectivity index (χ4v) is 6.81. The molecule has 4 N–H and O–H groups in total. The van der Waals surface area contributed by atoms with E-state index in [2.05, 4.69) is 4.85 Å². The summed E-state index contributed by atoms with van der Waals surface area (Å²) in [6.07, 6.45) is 3.11. The van der Waals surface area contributed by atoms with Crippen molar-refractivity contribution in [2.24, 2.45) is 29.4 Å². The number of fused-ring (bicyclic) bond motifs is 3. The smallest absolute Gasteiger partial charge is 0.235 e. The van der Waals surface area contributed by atoms with Crippen LogP contribution in [0, 0.1) is 30.2 Å². The molecule has 10 nitrogen and oxygen atoms in total. The topological polar surface area (TPSA) is 159 Å². The molecule has 0 bridgehead atoms. The van der Waals surface area contributed by atoms with Crippen LogP contribution in [0.25, 0.3) is 22.0 Å². The predicted octanol–water partition coefficient (Wildman–Crippen LogP) is 1.42. The predicted molar refractivity (Wildman–Crippen MR) is 142 cm³/mol. The number of hydrogen-bond acceptors (Lipinski definition) is 8. The largest absolute Gasteiger partial charge is 0.507 e. The van der Waals surface area contributed by atoms with Crippen LogP contribution in [0.5, 0.6) is 5.75 Å². The monoisotopic (exact) mass is 541 g/mol. The van der Waals surface area contributed by atoms with Gasteiger partial charge in [0.05, 0.1) is 24.1 Å². The van der Waals surface area contributed by atoms with Crippen LogP contribution in [0.2, 0.25) is 0 Å². The van der Waals surface area contributed by atoms with Gasteiger partial charge in [-0.25, -0.2) is 4.85 Å². The molecule has 0 spiro atoms. The van der Waals surface area contributed by atoms with Gasteiger partial charge >= 0.3 is 0 Å². The summed E-state index contributed by atoms with van der Waals surface area (Å²) in [7, 11) is 3.08. The molecule has 0 radical (unpaired) electrons. The maximum absolute atomic E-state index is 13.9. The second kappa shape index (κ2) is 9.62. The first-order valence-corrected chi connectivity index (χ1v) is 12.8. The van der Waals surface area contributed by atoms with Crippen molar-refractivity contribution >= 4 is 35.1 Å².